The maximum atomic E-state index is 12.3. The largest absolute Gasteiger partial charge is 0.335 e. The lowest BCUT2D eigenvalue weighted by Crippen LogP contribution is -2.52. The second-order valence-corrected chi connectivity index (χ2v) is 7.96. The van der Waals surface area contributed by atoms with Gasteiger partial charge in [0.1, 0.15) is 0 Å². The summed E-state index contributed by atoms with van der Waals surface area (Å²) in [5.74, 6) is 0. The van der Waals surface area contributed by atoms with Crippen molar-refractivity contribution in [2.45, 2.75) is 37.8 Å². The number of carbonyl (C=O) groups is 1. The summed E-state index contributed by atoms with van der Waals surface area (Å²) < 4.78 is 24.4. The number of carbonyl (C=O) groups excluding carboxylic acids is 1. The number of nitrogens with zero attached hydrogens (tertiary/aromatic N) is 2. The molecule has 0 radical (unpaired) electrons. The smallest absolute Gasteiger partial charge is 0.317 e. The van der Waals surface area contributed by atoms with Crippen molar-refractivity contribution in [2.24, 2.45) is 0 Å². The van der Waals surface area contributed by atoms with E-state index in [9.17, 15) is 13.2 Å². The molecule has 2 aliphatic heterocycles. The van der Waals surface area contributed by atoms with Gasteiger partial charge in [-0.05, 0) is 38.8 Å². The van der Waals surface area contributed by atoms with E-state index in [1.165, 1.54) is 10.6 Å². The lowest BCUT2D eigenvalue weighted by atomic mass is 10.1. The lowest BCUT2D eigenvalue weighted by molar-refractivity contribution is 0.168. The first kappa shape index (κ1) is 16.5. The van der Waals surface area contributed by atoms with Crippen LogP contribution in [0.4, 0.5) is 4.79 Å². The Morgan fingerprint density at radius 2 is 1.76 bits per heavy atom. The summed E-state index contributed by atoms with van der Waals surface area (Å²) in [6.07, 6.45) is 4.56. The Morgan fingerprint density at radius 1 is 1.19 bits per heavy atom. The van der Waals surface area contributed by atoms with E-state index in [2.05, 4.69) is 10.6 Å². The van der Waals surface area contributed by atoms with Gasteiger partial charge in [-0.3, -0.25) is 0 Å². The molecule has 2 heterocycles. The fraction of sp³-hybridized carbons (Fsp3) is 0.923. The molecule has 2 amide bonds. The molecule has 2 saturated heterocycles. The Morgan fingerprint density at radius 3 is 2.29 bits per heavy atom. The van der Waals surface area contributed by atoms with Crippen molar-refractivity contribution >= 4 is 16.1 Å². The number of sulfonamides is 1. The normalized spacial score (nSPS) is 23.0. The Hall–Kier alpha value is -0.860. The molecule has 0 saturated carbocycles. The Balaban J connectivity index is 1.78. The highest BCUT2D eigenvalue weighted by molar-refractivity contribution is 7.88. The van der Waals surface area contributed by atoms with Gasteiger partial charge < -0.3 is 15.5 Å². The number of amides is 2. The van der Waals surface area contributed by atoms with Gasteiger partial charge in [0, 0.05) is 32.2 Å². The monoisotopic (exact) mass is 318 g/mol. The number of hydrogen-bond acceptors (Lipinski definition) is 4. The van der Waals surface area contributed by atoms with E-state index >= 15 is 0 Å². The summed E-state index contributed by atoms with van der Waals surface area (Å²) in [5, 5.41) is 6.32. The minimum Gasteiger partial charge on any atom is -0.335 e. The quantitative estimate of drug-likeness (QED) is 0.755. The zero-order valence-electron chi connectivity index (χ0n) is 12.8. The summed E-state index contributed by atoms with van der Waals surface area (Å²) in [5.41, 5.74) is 0. The highest BCUT2D eigenvalue weighted by Gasteiger charge is 2.28. The lowest BCUT2D eigenvalue weighted by Gasteiger charge is -2.35. The van der Waals surface area contributed by atoms with E-state index in [1.807, 2.05) is 7.05 Å². The summed E-state index contributed by atoms with van der Waals surface area (Å²) in [7, 11) is -1.26. The first-order valence-electron chi connectivity index (χ1n) is 7.57. The summed E-state index contributed by atoms with van der Waals surface area (Å²) in [6.45, 7) is 2.88. The first-order chi connectivity index (χ1) is 9.88. The Bertz CT molecular complexity index is 454. The molecule has 0 aromatic rings. The van der Waals surface area contributed by atoms with Gasteiger partial charge in [-0.25, -0.2) is 17.5 Å². The van der Waals surface area contributed by atoms with Crippen molar-refractivity contribution in [1.82, 2.24) is 19.8 Å². The predicted octanol–water partition coefficient (Wildman–Crippen LogP) is -0.196. The van der Waals surface area contributed by atoms with Crippen LogP contribution in [0.5, 0.6) is 0 Å². The number of urea groups is 1. The van der Waals surface area contributed by atoms with Crippen LogP contribution < -0.4 is 10.6 Å². The van der Waals surface area contributed by atoms with Crippen molar-refractivity contribution in [2.75, 3.05) is 39.5 Å². The van der Waals surface area contributed by atoms with E-state index in [0.717, 1.165) is 25.9 Å². The number of piperidine rings is 2. The molecule has 0 spiro atoms. The zero-order chi connectivity index (χ0) is 15.5. The van der Waals surface area contributed by atoms with Crippen LogP contribution in [0.25, 0.3) is 0 Å². The van der Waals surface area contributed by atoms with Gasteiger partial charge in [0.15, 0.2) is 0 Å². The molecule has 0 unspecified atom stereocenters. The van der Waals surface area contributed by atoms with Gasteiger partial charge in [-0.2, -0.15) is 0 Å². The minimum absolute atomic E-state index is 0.0419. The molecule has 2 N–H and O–H groups in total. The average molecular weight is 318 g/mol. The van der Waals surface area contributed by atoms with Crippen molar-refractivity contribution in [3.8, 4) is 0 Å². The third-order valence-corrected chi connectivity index (χ3v) is 5.73. The maximum absolute atomic E-state index is 12.3. The van der Waals surface area contributed by atoms with Gasteiger partial charge in [-0.15, -0.1) is 0 Å². The van der Waals surface area contributed by atoms with Gasteiger partial charge in [0.25, 0.3) is 0 Å². The maximum Gasteiger partial charge on any atom is 0.317 e. The highest BCUT2D eigenvalue weighted by Crippen LogP contribution is 2.15. The summed E-state index contributed by atoms with van der Waals surface area (Å²) in [6, 6.07) is 0.321. The first-order valence-corrected chi connectivity index (χ1v) is 9.42. The molecule has 0 aliphatic carbocycles. The van der Waals surface area contributed by atoms with Crippen LogP contribution in [0.1, 0.15) is 25.7 Å². The van der Waals surface area contributed by atoms with Crippen molar-refractivity contribution < 1.29 is 13.2 Å². The molecule has 122 valence electrons. The molecular weight excluding hydrogens is 292 g/mol. The van der Waals surface area contributed by atoms with Gasteiger partial charge >= 0.3 is 6.03 Å². The molecule has 7 nitrogen and oxygen atoms in total. The molecule has 2 aliphatic rings. The summed E-state index contributed by atoms with van der Waals surface area (Å²) in [4.78, 5) is 14.0. The van der Waals surface area contributed by atoms with Crippen LogP contribution >= 0.6 is 0 Å². The van der Waals surface area contributed by atoms with Crippen molar-refractivity contribution in [1.29, 1.82) is 0 Å². The second-order valence-electron chi connectivity index (χ2n) is 5.98. The molecule has 0 atom stereocenters. The molecule has 21 heavy (non-hydrogen) atoms. The molecule has 2 fully saturated rings. The van der Waals surface area contributed by atoms with Crippen LogP contribution in [0, 0.1) is 0 Å². The molecule has 0 bridgehead atoms. The SMILES string of the molecule is CN(C(=O)NC1CCN(S(C)(=O)=O)CC1)C1CCNCC1. The van der Waals surface area contributed by atoms with Crippen LogP contribution in [-0.4, -0.2) is 75.2 Å². The van der Waals surface area contributed by atoms with E-state index in [-0.39, 0.29) is 12.1 Å². The highest BCUT2D eigenvalue weighted by atomic mass is 32.2. The molecule has 0 aromatic carbocycles. The topological polar surface area (TPSA) is 81.8 Å². The second kappa shape index (κ2) is 6.93. The number of hydrogen-bond donors (Lipinski definition) is 2. The van der Waals surface area contributed by atoms with Gasteiger partial charge in [0.2, 0.25) is 10.0 Å². The molecular formula is C13H26N4O3S. The van der Waals surface area contributed by atoms with Crippen LogP contribution in [0.15, 0.2) is 0 Å². The molecule has 0 aromatic heterocycles. The van der Waals surface area contributed by atoms with Crippen LogP contribution in [-0.2, 0) is 10.0 Å². The van der Waals surface area contributed by atoms with E-state index < -0.39 is 10.0 Å². The third-order valence-electron chi connectivity index (χ3n) is 4.43. The number of rotatable bonds is 3. The van der Waals surface area contributed by atoms with E-state index in [0.29, 0.717) is 32.0 Å². The Labute approximate surface area is 127 Å². The van der Waals surface area contributed by atoms with Crippen molar-refractivity contribution in [3.63, 3.8) is 0 Å². The number of nitrogens with one attached hydrogen (secondary N) is 2. The minimum atomic E-state index is -3.11. The van der Waals surface area contributed by atoms with E-state index in [1.54, 1.807) is 4.90 Å². The fourth-order valence-corrected chi connectivity index (χ4v) is 3.84. The zero-order valence-corrected chi connectivity index (χ0v) is 13.7. The fourth-order valence-electron chi connectivity index (χ4n) is 2.97. The van der Waals surface area contributed by atoms with Gasteiger partial charge in [-0.1, -0.05) is 0 Å². The van der Waals surface area contributed by atoms with E-state index in [4.69, 9.17) is 0 Å². The van der Waals surface area contributed by atoms with Crippen LogP contribution in [0.2, 0.25) is 0 Å². The molecule has 2 rings (SSSR count). The Kier molecular flexibility index (Phi) is 5.45. The molecule has 8 heteroatoms. The van der Waals surface area contributed by atoms with Crippen LogP contribution in [0.3, 0.4) is 0 Å². The standard InChI is InChI=1S/C13H26N4O3S/c1-16(12-3-7-14-8-4-12)13(18)15-11-5-9-17(10-6-11)21(2,19)20/h11-12,14H,3-10H2,1-2H3,(H,15,18). The third kappa shape index (κ3) is 4.55. The van der Waals surface area contributed by atoms with Crippen molar-refractivity contribution in [3.05, 3.63) is 0 Å². The predicted molar refractivity (Wildman–Crippen MR) is 81.6 cm³/mol. The average Bonchev–Trinajstić information content (AvgIpc) is 2.47. The van der Waals surface area contributed by atoms with Gasteiger partial charge in [0.05, 0.1) is 6.26 Å². The summed E-state index contributed by atoms with van der Waals surface area (Å²) >= 11 is 0.